The van der Waals surface area contributed by atoms with Crippen molar-refractivity contribution in [1.29, 1.82) is 0 Å². The van der Waals surface area contributed by atoms with E-state index in [4.69, 9.17) is 0 Å². The number of nitrogens with zero attached hydrogens (tertiary/aromatic N) is 2. The molecule has 142 valence electrons. The molecule has 0 bridgehead atoms. The Labute approximate surface area is 156 Å². The molecule has 1 aromatic carbocycles. The smallest absolute Gasteiger partial charge is 0.326 e. The number of aromatic nitrogens is 2. The number of amides is 1. The van der Waals surface area contributed by atoms with E-state index in [0.29, 0.717) is 18.5 Å². The molecule has 1 aliphatic rings. The number of nitrogens with one attached hydrogen (secondary N) is 1. The molecule has 1 heterocycles. The van der Waals surface area contributed by atoms with Crippen LogP contribution in [0.2, 0.25) is 0 Å². The first-order chi connectivity index (χ1) is 12.9. The lowest BCUT2D eigenvalue weighted by Gasteiger charge is -2.12. The van der Waals surface area contributed by atoms with Gasteiger partial charge in [-0.3, -0.25) is 4.79 Å². The van der Waals surface area contributed by atoms with Gasteiger partial charge in [0.05, 0.1) is 0 Å². The number of para-hydroxylation sites is 1. The van der Waals surface area contributed by atoms with Gasteiger partial charge in [0.2, 0.25) is 0 Å². The van der Waals surface area contributed by atoms with Crippen LogP contribution in [0.3, 0.4) is 0 Å². The number of rotatable bonds is 6. The molecular weight excluding hydrogens is 349 g/mol. The van der Waals surface area contributed by atoms with Crippen LogP contribution >= 0.6 is 0 Å². The van der Waals surface area contributed by atoms with Gasteiger partial charge in [0.15, 0.2) is 5.69 Å². The molecule has 1 aromatic heterocycles. The highest BCUT2D eigenvalue weighted by atomic mass is 19.1. The number of carbonyl (C=O) groups is 2. The molecule has 0 radical (unpaired) electrons. The topological polar surface area (TPSA) is 84.2 Å². The van der Waals surface area contributed by atoms with Gasteiger partial charge in [-0.05, 0) is 51.2 Å². The Morgan fingerprint density at radius 3 is 2.85 bits per heavy atom. The second-order valence-electron chi connectivity index (χ2n) is 6.61. The molecule has 1 atom stereocenters. The van der Waals surface area contributed by atoms with Gasteiger partial charge in [-0.15, -0.1) is 0 Å². The molecule has 0 spiro atoms. The number of halogens is 1. The van der Waals surface area contributed by atoms with Crippen molar-refractivity contribution in [2.75, 3.05) is 0 Å². The number of carboxylic acid groups (broad SMARTS) is 1. The summed E-state index contributed by atoms with van der Waals surface area (Å²) in [6.45, 7) is 3.57. The number of hydrogen-bond donors (Lipinski definition) is 2. The Morgan fingerprint density at radius 1 is 1.41 bits per heavy atom. The summed E-state index contributed by atoms with van der Waals surface area (Å²) in [6.07, 6.45) is 5.82. The average molecular weight is 371 g/mol. The van der Waals surface area contributed by atoms with Gasteiger partial charge in [0.25, 0.3) is 5.91 Å². The molecule has 1 unspecified atom stereocenters. The Bertz CT molecular complexity index is 897. The number of aliphatic carboxylic acids is 1. The van der Waals surface area contributed by atoms with Crippen molar-refractivity contribution >= 4 is 11.9 Å². The van der Waals surface area contributed by atoms with Crippen LogP contribution < -0.4 is 5.32 Å². The summed E-state index contributed by atoms with van der Waals surface area (Å²) in [4.78, 5) is 24.1. The molecule has 2 aromatic rings. The van der Waals surface area contributed by atoms with E-state index in [-0.39, 0.29) is 12.1 Å². The zero-order valence-electron chi connectivity index (χ0n) is 15.3. The molecular formula is C20H22FN3O3. The van der Waals surface area contributed by atoms with Crippen LogP contribution in [0.1, 0.15) is 47.1 Å². The summed E-state index contributed by atoms with van der Waals surface area (Å²) in [5.41, 5.74) is 2.81. The predicted octanol–water partition coefficient (Wildman–Crippen LogP) is 2.96. The number of hydrogen-bond acceptors (Lipinski definition) is 3. The molecule has 0 aliphatic heterocycles. The first-order valence-corrected chi connectivity index (χ1v) is 8.95. The fraction of sp³-hybridized carbons (Fsp3) is 0.350. The lowest BCUT2D eigenvalue weighted by Crippen LogP contribution is -2.40. The van der Waals surface area contributed by atoms with Gasteiger partial charge < -0.3 is 10.4 Å². The lowest BCUT2D eigenvalue weighted by atomic mass is 10.1. The molecule has 1 aliphatic carbocycles. The Balaban J connectivity index is 1.98. The van der Waals surface area contributed by atoms with Gasteiger partial charge in [-0.1, -0.05) is 24.3 Å². The normalized spacial score (nSPS) is 14.3. The van der Waals surface area contributed by atoms with Crippen molar-refractivity contribution in [2.24, 2.45) is 0 Å². The van der Waals surface area contributed by atoms with E-state index >= 15 is 0 Å². The highest BCUT2D eigenvalue weighted by Crippen LogP contribution is 2.30. The minimum Gasteiger partial charge on any atom is -0.480 e. The number of fused-ring (bicyclic) bond motifs is 1. The quantitative estimate of drug-likeness (QED) is 0.765. The number of benzene rings is 1. The summed E-state index contributed by atoms with van der Waals surface area (Å²) in [5.74, 6) is -2.06. The molecule has 2 N–H and O–H groups in total. The molecule has 27 heavy (non-hydrogen) atoms. The highest BCUT2D eigenvalue weighted by Gasteiger charge is 2.30. The maximum absolute atomic E-state index is 14.4. The van der Waals surface area contributed by atoms with Crippen molar-refractivity contribution in [1.82, 2.24) is 15.1 Å². The molecule has 1 amide bonds. The van der Waals surface area contributed by atoms with E-state index in [2.05, 4.69) is 10.4 Å². The van der Waals surface area contributed by atoms with Gasteiger partial charge in [-0.2, -0.15) is 5.10 Å². The maximum Gasteiger partial charge on any atom is 0.326 e. The van der Waals surface area contributed by atoms with E-state index in [1.807, 2.05) is 0 Å². The fourth-order valence-electron chi connectivity index (χ4n) is 3.42. The second-order valence-corrected chi connectivity index (χ2v) is 6.61. The monoisotopic (exact) mass is 371 g/mol. The van der Waals surface area contributed by atoms with E-state index in [1.54, 1.807) is 38.1 Å². The third kappa shape index (κ3) is 3.63. The fourth-order valence-corrected chi connectivity index (χ4v) is 3.42. The van der Waals surface area contributed by atoms with Crippen LogP contribution in [-0.4, -0.2) is 32.8 Å². The highest BCUT2D eigenvalue weighted by molar-refractivity contribution is 5.96. The second kappa shape index (κ2) is 7.73. The van der Waals surface area contributed by atoms with Gasteiger partial charge in [-0.25, -0.2) is 13.9 Å². The summed E-state index contributed by atoms with van der Waals surface area (Å²) in [6, 6.07) is 3.75. The standard InChI is InChI=1S/C20H22FN3O3/c1-3-4-10-15(20(26)27)22-19(25)17-13-8-6-11-16(13)24(23-17)18-12(2)7-5-9-14(18)21/h3-5,7,9,15H,6,8,10-11H2,1-2H3,(H,22,25)(H,26,27)/b4-3+. The zero-order valence-corrected chi connectivity index (χ0v) is 15.3. The molecule has 3 rings (SSSR count). The average Bonchev–Trinajstić information content (AvgIpc) is 3.21. The zero-order chi connectivity index (χ0) is 19.6. The first-order valence-electron chi connectivity index (χ1n) is 8.95. The number of aryl methyl sites for hydroxylation is 1. The van der Waals surface area contributed by atoms with E-state index in [1.165, 1.54) is 10.7 Å². The van der Waals surface area contributed by atoms with Crippen molar-refractivity contribution < 1.29 is 19.1 Å². The Kier molecular flexibility index (Phi) is 5.39. The Morgan fingerprint density at radius 2 is 2.19 bits per heavy atom. The van der Waals surface area contributed by atoms with Crippen molar-refractivity contribution in [2.45, 2.75) is 45.6 Å². The molecule has 7 heteroatoms. The van der Waals surface area contributed by atoms with Crippen LogP contribution in [-0.2, 0) is 17.6 Å². The molecule has 0 saturated carbocycles. The van der Waals surface area contributed by atoms with E-state index < -0.39 is 23.7 Å². The lowest BCUT2D eigenvalue weighted by molar-refractivity contribution is -0.139. The van der Waals surface area contributed by atoms with E-state index in [0.717, 1.165) is 23.2 Å². The van der Waals surface area contributed by atoms with Crippen LogP contribution in [0, 0.1) is 12.7 Å². The van der Waals surface area contributed by atoms with Crippen LogP contribution in [0.4, 0.5) is 4.39 Å². The van der Waals surface area contributed by atoms with Crippen molar-refractivity contribution in [3.63, 3.8) is 0 Å². The minimum atomic E-state index is -1.11. The van der Waals surface area contributed by atoms with Crippen molar-refractivity contribution in [3.05, 3.63) is 58.7 Å². The third-order valence-corrected chi connectivity index (χ3v) is 4.76. The SMILES string of the molecule is C/C=C/CC(NC(=O)c1nn(-c2c(C)cccc2F)c2c1CCC2)C(=O)O. The van der Waals surface area contributed by atoms with Crippen LogP contribution in [0.25, 0.3) is 5.69 Å². The first kappa shape index (κ1) is 18.8. The number of carbonyl (C=O) groups excluding carboxylic acids is 1. The van der Waals surface area contributed by atoms with Gasteiger partial charge in [0.1, 0.15) is 17.5 Å². The number of allylic oxidation sites excluding steroid dienone is 1. The summed E-state index contributed by atoms with van der Waals surface area (Å²) < 4.78 is 15.9. The molecule has 6 nitrogen and oxygen atoms in total. The summed E-state index contributed by atoms with van der Waals surface area (Å²) >= 11 is 0. The molecule has 0 saturated heterocycles. The maximum atomic E-state index is 14.4. The van der Waals surface area contributed by atoms with E-state index in [9.17, 15) is 19.1 Å². The third-order valence-electron chi connectivity index (χ3n) is 4.76. The largest absolute Gasteiger partial charge is 0.480 e. The summed E-state index contributed by atoms with van der Waals surface area (Å²) in [7, 11) is 0. The molecule has 0 fully saturated rings. The van der Waals surface area contributed by atoms with Gasteiger partial charge in [0, 0.05) is 11.3 Å². The van der Waals surface area contributed by atoms with Crippen LogP contribution in [0.5, 0.6) is 0 Å². The van der Waals surface area contributed by atoms with Gasteiger partial charge >= 0.3 is 5.97 Å². The minimum absolute atomic E-state index is 0.178. The van der Waals surface area contributed by atoms with Crippen molar-refractivity contribution in [3.8, 4) is 5.69 Å². The predicted molar refractivity (Wildman–Crippen MR) is 98.6 cm³/mol. The van der Waals surface area contributed by atoms with Crippen LogP contribution in [0.15, 0.2) is 30.4 Å². The summed E-state index contributed by atoms with van der Waals surface area (Å²) in [5, 5.41) is 16.2. The Hall–Kier alpha value is -2.96. The number of carboxylic acids is 1.